The highest BCUT2D eigenvalue weighted by molar-refractivity contribution is 5.66. The fraction of sp³-hybridized carbons (Fsp3) is 0.462. The normalized spacial score (nSPS) is 22.9. The summed E-state index contributed by atoms with van der Waals surface area (Å²) in [7, 11) is 0. The Morgan fingerprint density at radius 1 is 1.30 bits per heavy atom. The largest absolute Gasteiger partial charge is 0.481 e. The summed E-state index contributed by atoms with van der Waals surface area (Å²) >= 11 is 0. The predicted molar refractivity (Wildman–Crippen MR) is 61.9 cm³/mol. The number of rotatable bonds is 4. The zero-order valence-corrected chi connectivity index (χ0v) is 10.4. The van der Waals surface area contributed by atoms with Crippen LogP contribution in [0.4, 0.5) is 13.2 Å². The van der Waals surface area contributed by atoms with Gasteiger partial charge in [0.15, 0.2) is 6.29 Å². The Morgan fingerprint density at radius 3 is 2.50 bits per heavy atom. The van der Waals surface area contributed by atoms with Gasteiger partial charge in [0, 0.05) is 12.0 Å². The van der Waals surface area contributed by atoms with Gasteiger partial charge in [-0.1, -0.05) is 12.1 Å². The molecular formula is C13H13F3O4. The average molecular weight is 290 g/mol. The van der Waals surface area contributed by atoms with Gasteiger partial charge in [-0.15, -0.1) is 0 Å². The summed E-state index contributed by atoms with van der Waals surface area (Å²) in [6, 6.07) is 4.53. The summed E-state index contributed by atoms with van der Waals surface area (Å²) in [5.74, 6) is -0.924. The SMILES string of the molecule is O=C(O)CCC1COC(c2ccc(C(F)(F)F)cc2)O1. The first-order chi connectivity index (χ1) is 9.36. The molecule has 0 aliphatic carbocycles. The molecule has 1 heterocycles. The highest BCUT2D eigenvalue weighted by Crippen LogP contribution is 2.32. The third kappa shape index (κ3) is 3.71. The van der Waals surface area contributed by atoms with Crippen LogP contribution in [0.1, 0.15) is 30.3 Å². The molecular weight excluding hydrogens is 277 g/mol. The van der Waals surface area contributed by atoms with Crippen LogP contribution in [-0.2, 0) is 20.4 Å². The minimum Gasteiger partial charge on any atom is -0.481 e. The van der Waals surface area contributed by atoms with E-state index in [0.29, 0.717) is 12.0 Å². The second-order valence-electron chi connectivity index (χ2n) is 4.48. The van der Waals surface area contributed by atoms with Crippen LogP contribution < -0.4 is 0 Å². The number of hydrogen-bond acceptors (Lipinski definition) is 3. The Kier molecular flexibility index (Phi) is 4.29. The molecule has 110 valence electrons. The van der Waals surface area contributed by atoms with E-state index in [4.69, 9.17) is 14.6 Å². The van der Waals surface area contributed by atoms with Crippen molar-refractivity contribution in [3.05, 3.63) is 35.4 Å². The summed E-state index contributed by atoms with van der Waals surface area (Å²) in [5.41, 5.74) is -0.252. The minimum absolute atomic E-state index is 0.0340. The van der Waals surface area contributed by atoms with Crippen molar-refractivity contribution in [1.82, 2.24) is 0 Å². The van der Waals surface area contributed by atoms with Crippen molar-refractivity contribution >= 4 is 5.97 Å². The molecule has 4 nitrogen and oxygen atoms in total. The minimum atomic E-state index is -4.38. The molecule has 1 saturated heterocycles. The molecule has 1 aromatic carbocycles. The van der Waals surface area contributed by atoms with Crippen molar-refractivity contribution in [1.29, 1.82) is 0 Å². The predicted octanol–water partition coefficient (Wildman–Crippen LogP) is 2.98. The van der Waals surface area contributed by atoms with Gasteiger partial charge in [-0.3, -0.25) is 4.79 Å². The number of carboxylic acids is 1. The van der Waals surface area contributed by atoms with Gasteiger partial charge >= 0.3 is 12.1 Å². The zero-order valence-electron chi connectivity index (χ0n) is 10.4. The van der Waals surface area contributed by atoms with Gasteiger partial charge in [-0.2, -0.15) is 13.2 Å². The Bertz CT molecular complexity index is 469. The summed E-state index contributed by atoms with van der Waals surface area (Å²) in [6.07, 6.45) is -5.19. The second kappa shape index (κ2) is 5.80. The van der Waals surface area contributed by atoms with Crippen molar-refractivity contribution in [2.45, 2.75) is 31.4 Å². The molecule has 2 rings (SSSR count). The zero-order chi connectivity index (χ0) is 14.8. The lowest BCUT2D eigenvalue weighted by atomic mass is 10.1. The molecule has 0 amide bonds. The third-order valence-electron chi connectivity index (χ3n) is 2.94. The van der Waals surface area contributed by atoms with Crippen LogP contribution in [0.2, 0.25) is 0 Å². The molecule has 0 saturated carbocycles. The van der Waals surface area contributed by atoms with Crippen molar-refractivity contribution in [2.24, 2.45) is 0 Å². The van der Waals surface area contributed by atoms with Gasteiger partial charge in [0.05, 0.1) is 18.3 Å². The lowest BCUT2D eigenvalue weighted by Crippen LogP contribution is -2.12. The van der Waals surface area contributed by atoms with Gasteiger partial charge in [0.2, 0.25) is 0 Å². The summed E-state index contributed by atoms with van der Waals surface area (Å²) in [6.45, 7) is 0.235. The van der Waals surface area contributed by atoms with E-state index < -0.39 is 24.0 Å². The van der Waals surface area contributed by atoms with E-state index in [2.05, 4.69) is 0 Å². The van der Waals surface area contributed by atoms with E-state index in [1.54, 1.807) is 0 Å². The van der Waals surface area contributed by atoms with E-state index in [0.717, 1.165) is 12.1 Å². The van der Waals surface area contributed by atoms with Gasteiger partial charge in [-0.25, -0.2) is 0 Å². The molecule has 0 spiro atoms. The quantitative estimate of drug-likeness (QED) is 0.926. The van der Waals surface area contributed by atoms with E-state index in [9.17, 15) is 18.0 Å². The van der Waals surface area contributed by atoms with E-state index in [-0.39, 0.29) is 19.1 Å². The monoisotopic (exact) mass is 290 g/mol. The summed E-state index contributed by atoms with van der Waals surface area (Å²) in [4.78, 5) is 10.4. The Hall–Kier alpha value is -1.60. The number of alkyl halides is 3. The molecule has 20 heavy (non-hydrogen) atoms. The lowest BCUT2D eigenvalue weighted by molar-refractivity contribution is -0.138. The van der Waals surface area contributed by atoms with Crippen LogP contribution >= 0.6 is 0 Å². The molecule has 1 fully saturated rings. The Labute approximate surface area is 113 Å². The van der Waals surface area contributed by atoms with Crippen molar-refractivity contribution in [3.63, 3.8) is 0 Å². The molecule has 1 aliphatic rings. The summed E-state index contributed by atoms with van der Waals surface area (Å²) in [5, 5.41) is 8.56. The lowest BCUT2D eigenvalue weighted by Gasteiger charge is -2.12. The van der Waals surface area contributed by atoms with Crippen LogP contribution in [0.15, 0.2) is 24.3 Å². The fourth-order valence-electron chi connectivity index (χ4n) is 1.89. The number of halogens is 3. The topological polar surface area (TPSA) is 55.8 Å². The standard InChI is InChI=1S/C13H13F3O4/c14-13(15,16)9-3-1-8(2-4-9)12-19-7-10(20-12)5-6-11(17)18/h1-4,10,12H,5-7H2,(H,17,18). The average Bonchev–Trinajstić information content (AvgIpc) is 2.84. The molecule has 1 aromatic rings. The van der Waals surface area contributed by atoms with Gasteiger partial charge in [0.25, 0.3) is 0 Å². The molecule has 0 radical (unpaired) electrons. The number of carboxylic acid groups (broad SMARTS) is 1. The van der Waals surface area contributed by atoms with E-state index in [1.165, 1.54) is 12.1 Å². The van der Waals surface area contributed by atoms with Crippen LogP contribution in [-0.4, -0.2) is 23.8 Å². The van der Waals surface area contributed by atoms with Gasteiger partial charge in [-0.05, 0) is 18.6 Å². The molecule has 7 heteroatoms. The molecule has 1 N–H and O–H groups in total. The molecule has 2 atom stereocenters. The highest BCUT2D eigenvalue weighted by atomic mass is 19.4. The second-order valence-corrected chi connectivity index (χ2v) is 4.48. The molecule has 0 bridgehead atoms. The number of carbonyl (C=O) groups is 1. The maximum atomic E-state index is 12.4. The first kappa shape index (κ1) is 14.8. The summed E-state index contributed by atoms with van der Waals surface area (Å²) < 4.78 is 48.0. The maximum Gasteiger partial charge on any atom is 0.416 e. The number of hydrogen-bond donors (Lipinski definition) is 1. The smallest absolute Gasteiger partial charge is 0.416 e. The highest BCUT2D eigenvalue weighted by Gasteiger charge is 2.32. The van der Waals surface area contributed by atoms with Crippen LogP contribution in [0.25, 0.3) is 0 Å². The first-order valence-electron chi connectivity index (χ1n) is 6.02. The van der Waals surface area contributed by atoms with Crippen LogP contribution in [0.5, 0.6) is 0 Å². The van der Waals surface area contributed by atoms with E-state index >= 15 is 0 Å². The van der Waals surface area contributed by atoms with Crippen LogP contribution in [0.3, 0.4) is 0 Å². The van der Waals surface area contributed by atoms with Crippen molar-refractivity contribution in [3.8, 4) is 0 Å². The molecule has 0 aromatic heterocycles. The van der Waals surface area contributed by atoms with Crippen molar-refractivity contribution < 1.29 is 32.5 Å². The van der Waals surface area contributed by atoms with E-state index in [1.807, 2.05) is 0 Å². The Morgan fingerprint density at radius 2 is 1.95 bits per heavy atom. The maximum absolute atomic E-state index is 12.4. The molecule has 1 aliphatic heterocycles. The van der Waals surface area contributed by atoms with Gasteiger partial charge in [0.1, 0.15) is 0 Å². The first-order valence-corrected chi connectivity index (χ1v) is 6.02. The number of benzene rings is 1. The third-order valence-corrected chi connectivity index (χ3v) is 2.94. The fourth-order valence-corrected chi connectivity index (χ4v) is 1.89. The molecule has 2 unspecified atom stereocenters. The Balaban J connectivity index is 1.95. The van der Waals surface area contributed by atoms with Crippen molar-refractivity contribution in [2.75, 3.05) is 6.61 Å². The van der Waals surface area contributed by atoms with Crippen LogP contribution in [0, 0.1) is 0 Å². The number of aliphatic carboxylic acids is 1. The van der Waals surface area contributed by atoms with Gasteiger partial charge < -0.3 is 14.6 Å². The number of ether oxygens (including phenoxy) is 2.